The monoisotopic (exact) mass is 291 g/mol. The van der Waals surface area contributed by atoms with E-state index in [2.05, 4.69) is 5.43 Å². The fourth-order valence-corrected chi connectivity index (χ4v) is 1.73. The van der Waals surface area contributed by atoms with E-state index in [0.717, 1.165) is 0 Å². The van der Waals surface area contributed by atoms with Crippen molar-refractivity contribution in [2.75, 3.05) is 25.1 Å². The minimum atomic E-state index is -4.52. The number of hydrazine groups is 1. The molecule has 0 saturated carbocycles. The highest BCUT2D eigenvalue weighted by molar-refractivity contribution is 5.95. The quantitative estimate of drug-likeness (QED) is 0.564. The van der Waals surface area contributed by atoms with Crippen LogP contribution in [0.25, 0.3) is 0 Å². The first kappa shape index (κ1) is 16.3. The average molecular weight is 291 g/mol. The minimum absolute atomic E-state index is 0.110. The van der Waals surface area contributed by atoms with Crippen LogP contribution in [0.1, 0.15) is 15.9 Å². The summed E-state index contributed by atoms with van der Waals surface area (Å²) >= 11 is 0. The molecule has 0 aromatic heterocycles. The molecule has 0 bridgehead atoms. The summed E-state index contributed by atoms with van der Waals surface area (Å²) in [5.74, 6) is 4.45. The van der Waals surface area contributed by atoms with Gasteiger partial charge in [0, 0.05) is 12.1 Å². The Balaban J connectivity index is 2.97. The van der Waals surface area contributed by atoms with Crippen molar-refractivity contribution in [1.29, 1.82) is 0 Å². The number of carbonyl (C=O) groups excluding carboxylic acids is 1. The first-order valence-electron chi connectivity index (χ1n) is 5.82. The molecule has 1 rings (SSSR count). The topological polar surface area (TPSA) is 78.6 Å². The normalized spacial score (nSPS) is 11.3. The summed E-state index contributed by atoms with van der Waals surface area (Å²) in [7, 11) is 0. The number of nitrogens with one attached hydrogen (secondary N) is 1. The zero-order valence-corrected chi connectivity index (χ0v) is 10.9. The van der Waals surface area contributed by atoms with Crippen molar-refractivity contribution >= 4 is 11.6 Å². The third-order valence-corrected chi connectivity index (χ3v) is 2.66. The third-order valence-electron chi connectivity index (χ3n) is 2.66. The zero-order chi connectivity index (χ0) is 15.3. The number of aliphatic hydroxyl groups excluding tert-OH is 1. The van der Waals surface area contributed by atoms with Gasteiger partial charge in [-0.1, -0.05) is 0 Å². The van der Waals surface area contributed by atoms with Crippen LogP contribution >= 0.6 is 0 Å². The molecule has 0 unspecified atom stereocenters. The van der Waals surface area contributed by atoms with Crippen molar-refractivity contribution in [2.24, 2.45) is 5.84 Å². The van der Waals surface area contributed by atoms with Crippen molar-refractivity contribution in [3.05, 3.63) is 29.3 Å². The maximum atomic E-state index is 12.4. The average Bonchev–Trinajstić information content (AvgIpc) is 2.35. The smallest absolute Gasteiger partial charge is 0.395 e. The van der Waals surface area contributed by atoms with Gasteiger partial charge in [-0.2, -0.15) is 13.2 Å². The lowest BCUT2D eigenvalue weighted by atomic mass is 10.1. The summed E-state index contributed by atoms with van der Waals surface area (Å²) in [5, 5.41) is 8.78. The van der Waals surface area contributed by atoms with Crippen LogP contribution in [-0.4, -0.2) is 41.8 Å². The van der Waals surface area contributed by atoms with Crippen LogP contribution in [0.3, 0.4) is 0 Å². The van der Waals surface area contributed by atoms with E-state index in [1.54, 1.807) is 6.92 Å². The number of aryl methyl sites for hydroxylation is 1. The van der Waals surface area contributed by atoms with E-state index >= 15 is 0 Å². The molecular weight excluding hydrogens is 275 g/mol. The van der Waals surface area contributed by atoms with E-state index in [1.165, 1.54) is 18.2 Å². The molecule has 1 aromatic carbocycles. The van der Waals surface area contributed by atoms with Crippen LogP contribution in [-0.2, 0) is 0 Å². The SMILES string of the molecule is Cc1cc(C(=O)N(CCO)CC(F)(F)F)ccc1NN. The molecule has 1 aromatic rings. The van der Waals surface area contributed by atoms with Crippen LogP contribution in [0.4, 0.5) is 18.9 Å². The predicted molar refractivity (Wildman–Crippen MR) is 68.0 cm³/mol. The van der Waals surface area contributed by atoms with Gasteiger partial charge in [-0.05, 0) is 30.7 Å². The highest BCUT2D eigenvalue weighted by Crippen LogP contribution is 2.20. The lowest BCUT2D eigenvalue weighted by molar-refractivity contribution is -0.141. The number of carbonyl (C=O) groups is 1. The van der Waals surface area contributed by atoms with Gasteiger partial charge >= 0.3 is 6.18 Å². The molecule has 5 nitrogen and oxygen atoms in total. The van der Waals surface area contributed by atoms with E-state index < -0.39 is 25.2 Å². The highest BCUT2D eigenvalue weighted by Gasteiger charge is 2.33. The number of amides is 1. The molecule has 8 heteroatoms. The van der Waals surface area contributed by atoms with Gasteiger partial charge in [-0.15, -0.1) is 0 Å². The van der Waals surface area contributed by atoms with Crippen LogP contribution in [0.5, 0.6) is 0 Å². The van der Waals surface area contributed by atoms with Crippen molar-refractivity contribution < 1.29 is 23.1 Å². The number of nitrogens with two attached hydrogens (primary N) is 1. The Morgan fingerprint density at radius 1 is 1.45 bits per heavy atom. The molecule has 0 aliphatic heterocycles. The molecule has 0 saturated heterocycles. The molecule has 0 spiro atoms. The second-order valence-electron chi connectivity index (χ2n) is 4.24. The number of nitrogens with zero attached hydrogens (tertiary/aromatic N) is 1. The fourth-order valence-electron chi connectivity index (χ4n) is 1.73. The first-order chi connectivity index (χ1) is 9.28. The molecule has 1 amide bonds. The van der Waals surface area contributed by atoms with E-state index in [0.29, 0.717) is 16.2 Å². The first-order valence-corrected chi connectivity index (χ1v) is 5.82. The molecular formula is C12H16F3N3O2. The Labute approximate surface area is 114 Å². The molecule has 0 atom stereocenters. The van der Waals surface area contributed by atoms with E-state index in [1.807, 2.05) is 0 Å². The lowest BCUT2D eigenvalue weighted by Crippen LogP contribution is -2.40. The Kier molecular flexibility index (Phi) is 5.34. The largest absolute Gasteiger partial charge is 0.406 e. The maximum absolute atomic E-state index is 12.4. The Hall–Kier alpha value is -1.80. The summed E-state index contributed by atoms with van der Waals surface area (Å²) < 4.78 is 37.2. The number of aliphatic hydroxyl groups is 1. The van der Waals surface area contributed by atoms with Crippen LogP contribution in [0.15, 0.2) is 18.2 Å². The summed E-state index contributed by atoms with van der Waals surface area (Å²) in [4.78, 5) is 12.6. The summed E-state index contributed by atoms with van der Waals surface area (Å²) in [6, 6.07) is 4.33. The molecule has 0 heterocycles. The number of alkyl halides is 3. The summed E-state index contributed by atoms with van der Waals surface area (Å²) in [5.41, 5.74) is 3.73. The molecule has 0 fully saturated rings. The van der Waals surface area contributed by atoms with Gasteiger partial charge in [0.05, 0.1) is 12.3 Å². The molecule has 112 valence electrons. The van der Waals surface area contributed by atoms with E-state index in [4.69, 9.17) is 10.9 Å². The Morgan fingerprint density at radius 2 is 2.10 bits per heavy atom. The van der Waals surface area contributed by atoms with Crippen molar-refractivity contribution in [2.45, 2.75) is 13.1 Å². The standard InChI is InChI=1S/C12H16F3N3O2/c1-8-6-9(2-3-10(8)17-16)11(20)18(4-5-19)7-12(13,14)15/h2-3,6,17,19H,4-5,7,16H2,1H3. The van der Waals surface area contributed by atoms with Gasteiger partial charge in [-0.25, -0.2) is 0 Å². The van der Waals surface area contributed by atoms with E-state index in [-0.39, 0.29) is 12.1 Å². The van der Waals surface area contributed by atoms with Gasteiger partial charge in [0.2, 0.25) is 0 Å². The van der Waals surface area contributed by atoms with Crippen LogP contribution in [0.2, 0.25) is 0 Å². The molecule has 0 aliphatic carbocycles. The van der Waals surface area contributed by atoms with Gasteiger partial charge in [0.1, 0.15) is 6.54 Å². The van der Waals surface area contributed by atoms with Gasteiger partial charge < -0.3 is 15.4 Å². The van der Waals surface area contributed by atoms with Crippen molar-refractivity contribution in [1.82, 2.24) is 4.90 Å². The summed E-state index contributed by atoms with van der Waals surface area (Å²) in [6.07, 6.45) is -4.52. The number of benzene rings is 1. The van der Waals surface area contributed by atoms with Crippen LogP contribution in [0, 0.1) is 6.92 Å². The molecule has 20 heavy (non-hydrogen) atoms. The molecule has 0 radical (unpaired) electrons. The number of hydrogen-bond acceptors (Lipinski definition) is 4. The number of anilines is 1. The maximum Gasteiger partial charge on any atom is 0.406 e. The predicted octanol–water partition coefficient (Wildman–Crippen LogP) is 1.28. The zero-order valence-electron chi connectivity index (χ0n) is 10.9. The van der Waals surface area contributed by atoms with Gasteiger partial charge in [0.15, 0.2) is 0 Å². The van der Waals surface area contributed by atoms with Gasteiger partial charge in [0.25, 0.3) is 5.91 Å². The van der Waals surface area contributed by atoms with Crippen LogP contribution < -0.4 is 11.3 Å². The Bertz CT molecular complexity index is 478. The minimum Gasteiger partial charge on any atom is -0.395 e. The van der Waals surface area contributed by atoms with Crippen molar-refractivity contribution in [3.63, 3.8) is 0 Å². The number of nitrogen functional groups attached to an aromatic ring is 1. The fraction of sp³-hybridized carbons (Fsp3) is 0.417. The second-order valence-corrected chi connectivity index (χ2v) is 4.24. The molecule has 0 aliphatic rings. The number of halogens is 3. The lowest BCUT2D eigenvalue weighted by Gasteiger charge is -2.23. The van der Waals surface area contributed by atoms with Crippen molar-refractivity contribution in [3.8, 4) is 0 Å². The number of hydrogen-bond donors (Lipinski definition) is 3. The Morgan fingerprint density at radius 3 is 2.55 bits per heavy atom. The second kappa shape index (κ2) is 6.58. The van der Waals surface area contributed by atoms with E-state index in [9.17, 15) is 18.0 Å². The highest BCUT2D eigenvalue weighted by atomic mass is 19.4. The van der Waals surface area contributed by atoms with Gasteiger partial charge in [-0.3, -0.25) is 10.6 Å². The molecule has 4 N–H and O–H groups in total. The number of rotatable bonds is 5. The third kappa shape index (κ3) is 4.39. The summed E-state index contributed by atoms with van der Waals surface area (Å²) in [6.45, 7) is -0.647.